The van der Waals surface area contributed by atoms with Crippen molar-refractivity contribution in [1.82, 2.24) is 4.98 Å². The molecule has 0 spiro atoms. The van der Waals surface area contributed by atoms with Crippen molar-refractivity contribution in [2.75, 3.05) is 7.11 Å². The van der Waals surface area contributed by atoms with Crippen LogP contribution in [0, 0.1) is 11.3 Å². The molecule has 0 radical (unpaired) electrons. The lowest BCUT2D eigenvalue weighted by Gasteiger charge is -1.98. The van der Waals surface area contributed by atoms with E-state index in [1.165, 1.54) is 0 Å². The molecule has 0 saturated heterocycles. The fourth-order valence-electron chi connectivity index (χ4n) is 1.27. The number of nitrogens with zero attached hydrogens (tertiary/aromatic N) is 2. The number of ether oxygens (including phenoxy) is 1. The van der Waals surface area contributed by atoms with Gasteiger partial charge in [-0.3, -0.25) is 0 Å². The van der Waals surface area contributed by atoms with Crippen LogP contribution in [-0.4, -0.2) is 12.1 Å². The Balaban J connectivity index is 2.19. The molecule has 0 aromatic carbocycles. The average Bonchev–Trinajstić information content (AvgIpc) is 2.82. The molecule has 0 unspecified atom stereocenters. The Morgan fingerprint density at radius 1 is 1.77 bits per heavy atom. The van der Waals surface area contributed by atoms with E-state index in [4.69, 9.17) is 10.00 Å². The molecule has 2 rings (SSSR count). The van der Waals surface area contributed by atoms with Crippen molar-refractivity contribution >= 4 is 11.3 Å². The number of nitriles is 1. The molecule has 4 heteroatoms. The molecule has 3 nitrogen and oxygen atoms in total. The molecule has 1 aromatic heterocycles. The fourth-order valence-corrected chi connectivity index (χ4v) is 2.13. The van der Waals surface area contributed by atoms with Crippen LogP contribution in [0.5, 0.6) is 0 Å². The molecule has 0 amide bonds. The number of hydrogen-bond acceptors (Lipinski definition) is 4. The van der Waals surface area contributed by atoms with Gasteiger partial charge in [0.05, 0.1) is 18.4 Å². The summed E-state index contributed by atoms with van der Waals surface area (Å²) in [6.07, 6.45) is 1.92. The van der Waals surface area contributed by atoms with Crippen LogP contribution in [-0.2, 0) is 16.8 Å². The van der Waals surface area contributed by atoms with Crippen LogP contribution in [0.1, 0.15) is 23.5 Å². The summed E-state index contributed by atoms with van der Waals surface area (Å²) in [5, 5.41) is 11.9. The maximum atomic E-state index is 8.93. The Kier molecular flexibility index (Phi) is 2.06. The van der Waals surface area contributed by atoms with Crippen molar-refractivity contribution in [2.24, 2.45) is 0 Å². The summed E-state index contributed by atoms with van der Waals surface area (Å²) in [5.41, 5.74) is 0.690. The maximum absolute atomic E-state index is 8.93. The SMILES string of the molecule is COCc1nc(C2(C#N)CC2)cs1. The van der Waals surface area contributed by atoms with Gasteiger partial charge in [0.2, 0.25) is 0 Å². The van der Waals surface area contributed by atoms with Gasteiger partial charge in [0, 0.05) is 12.5 Å². The van der Waals surface area contributed by atoms with Crippen molar-refractivity contribution in [3.05, 3.63) is 16.1 Å². The van der Waals surface area contributed by atoms with E-state index in [9.17, 15) is 0 Å². The van der Waals surface area contributed by atoms with Gasteiger partial charge >= 0.3 is 0 Å². The highest BCUT2D eigenvalue weighted by atomic mass is 32.1. The molecule has 1 fully saturated rings. The molecule has 1 heterocycles. The first-order chi connectivity index (χ1) is 6.30. The van der Waals surface area contributed by atoms with E-state index in [1.807, 2.05) is 5.38 Å². The second-order valence-corrected chi connectivity index (χ2v) is 4.20. The highest BCUT2D eigenvalue weighted by Gasteiger charge is 2.46. The molecule has 13 heavy (non-hydrogen) atoms. The molecule has 1 aliphatic carbocycles. The molecule has 68 valence electrons. The summed E-state index contributed by atoms with van der Waals surface area (Å²) in [5.74, 6) is 0. The Morgan fingerprint density at radius 2 is 2.54 bits per heavy atom. The van der Waals surface area contributed by atoms with E-state index in [-0.39, 0.29) is 5.41 Å². The Hall–Kier alpha value is -0.920. The molecular formula is C9H10N2OS. The lowest BCUT2D eigenvalue weighted by atomic mass is 10.1. The molecule has 1 aromatic rings. The third-order valence-electron chi connectivity index (χ3n) is 2.27. The molecule has 0 aliphatic heterocycles. The van der Waals surface area contributed by atoms with Gasteiger partial charge in [-0.1, -0.05) is 0 Å². The zero-order chi connectivity index (χ0) is 9.31. The Labute approximate surface area is 81.0 Å². The molecular weight excluding hydrogens is 184 g/mol. The van der Waals surface area contributed by atoms with Gasteiger partial charge in [0.1, 0.15) is 10.4 Å². The van der Waals surface area contributed by atoms with Gasteiger partial charge in [-0.2, -0.15) is 5.26 Å². The monoisotopic (exact) mass is 194 g/mol. The van der Waals surface area contributed by atoms with Crippen LogP contribution < -0.4 is 0 Å². The van der Waals surface area contributed by atoms with E-state index in [1.54, 1.807) is 18.4 Å². The Morgan fingerprint density at radius 3 is 3.08 bits per heavy atom. The van der Waals surface area contributed by atoms with Gasteiger partial charge in [-0.15, -0.1) is 11.3 Å². The minimum absolute atomic E-state index is 0.248. The van der Waals surface area contributed by atoms with Gasteiger partial charge in [0.15, 0.2) is 0 Å². The van der Waals surface area contributed by atoms with E-state index < -0.39 is 0 Å². The average molecular weight is 194 g/mol. The van der Waals surface area contributed by atoms with Gasteiger partial charge in [-0.05, 0) is 12.8 Å². The van der Waals surface area contributed by atoms with Crippen molar-refractivity contribution < 1.29 is 4.74 Å². The first-order valence-electron chi connectivity index (χ1n) is 4.16. The lowest BCUT2D eigenvalue weighted by Crippen LogP contribution is -2.03. The van der Waals surface area contributed by atoms with Crippen molar-refractivity contribution in [2.45, 2.75) is 24.9 Å². The molecule has 1 saturated carbocycles. The van der Waals surface area contributed by atoms with Crippen LogP contribution in [0.25, 0.3) is 0 Å². The molecule has 0 bridgehead atoms. The zero-order valence-electron chi connectivity index (χ0n) is 7.41. The van der Waals surface area contributed by atoms with Gasteiger partial charge in [-0.25, -0.2) is 4.98 Å². The standard InChI is InChI=1S/C9H10N2OS/c1-12-4-8-11-7(5-13-8)9(6-10)2-3-9/h5H,2-4H2,1H3. The molecule has 1 aliphatic rings. The number of thiazole rings is 1. The fraction of sp³-hybridized carbons (Fsp3) is 0.556. The van der Waals surface area contributed by atoms with Crippen molar-refractivity contribution in [1.29, 1.82) is 5.26 Å². The summed E-state index contributed by atoms with van der Waals surface area (Å²) in [7, 11) is 1.65. The first-order valence-corrected chi connectivity index (χ1v) is 5.04. The van der Waals surface area contributed by atoms with Crippen LogP contribution in [0.15, 0.2) is 5.38 Å². The summed E-state index contributed by atoms with van der Waals surface area (Å²) in [6, 6.07) is 2.33. The predicted octanol–water partition coefficient (Wildman–Crippen LogP) is 1.84. The second kappa shape index (κ2) is 3.09. The minimum Gasteiger partial charge on any atom is -0.378 e. The number of aromatic nitrogens is 1. The van der Waals surface area contributed by atoms with E-state index in [0.717, 1.165) is 23.5 Å². The van der Waals surface area contributed by atoms with E-state index >= 15 is 0 Å². The molecule has 0 N–H and O–H groups in total. The van der Waals surface area contributed by atoms with Gasteiger partial charge in [0.25, 0.3) is 0 Å². The Bertz CT molecular complexity index is 349. The summed E-state index contributed by atoms with van der Waals surface area (Å²) >= 11 is 1.57. The number of hydrogen-bond donors (Lipinski definition) is 0. The summed E-state index contributed by atoms with van der Waals surface area (Å²) in [4.78, 5) is 4.38. The third kappa shape index (κ3) is 1.45. The van der Waals surface area contributed by atoms with Crippen molar-refractivity contribution in [3.8, 4) is 6.07 Å². The quantitative estimate of drug-likeness (QED) is 0.737. The van der Waals surface area contributed by atoms with Crippen molar-refractivity contribution in [3.63, 3.8) is 0 Å². The predicted molar refractivity (Wildman–Crippen MR) is 49.4 cm³/mol. The maximum Gasteiger partial charge on any atom is 0.119 e. The largest absolute Gasteiger partial charge is 0.378 e. The highest BCUT2D eigenvalue weighted by Crippen LogP contribution is 2.47. The smallest absolute Gasteiger partial charge is 0.119 e. The zero-order valence-corrected chi connectivity index (χ0v) is 8.23. The topological polar surface area (TPSA) is 45.9 Å². The van der Waals surface area contributed by atoms with Crippen LogP contribution >= 0.6 is 11.3 Å². The third-order valence-corrected chi connectivity index (χ3v) is 3.10. The second-order valence-electron chi connectivity index (χ2n) is 3.25. The molecule has 0 atom stereocenters. The first kappa shape index (κ1) is 8.67. The minimum atomic E-state index is -0.248. The summed E-state index contributed by atoms with van der Waals surface area (Å²) in [6.45, 7) is 0.548. The van der Waals surface area contributed by atoms with E-state index in [0.29, 0.717) is 6.61 Å². The number of rotatable bonds is 3. The van der Waals surface area contributed by atoms with Crippen LogP contribution in [0.2, 0.25) is 0 Å². The van der Waals surface area contributed by atoms with Gasteiger partial charge < -0.3 is 4.74 Å². The van der Waals surface area contributed by atoms with Crippen LogP contribution in [0.4, 0.5) is 0 Å². The summed E-state index contributed by atoms with van der Waals surface area (Å²) < 4.78 is 4.97. The van der Waals surface area contributed by atoms with Crippen LogP contribution in [0.3, 0.4) is 0 Å². The highest BCUT2D eigenvalue weighted by molar-refractivity contribution is 7.09. The normalized spacial score (nSPS) is 18.2. The van der Waals surface area contributed by atoms with E-state index in [2.05, 4.69) is 11.1 Å². The number of methoxy groups -OCH3 is 1. The lowest BCUT2D eigenvalue weighted by molar-refractivity contribution is 0.184.